The Bertz CT molecular complexity index is 4160. The fourth-order valence-corrected chi connectivity index (χ4v) is 11.4. The van der Waals surface area contributed by atoms with Crippen LogP contribution in [0.2, 0.25) is 0 Å². The molecule has 83 heavy (non-hydrogen) atoms. The standard InChI is InChI=1S/2C15H16F3N5O2S.C8H7F3N4O2.C8H13NO3S2/c2*1-8-11(26-9(2)20-8)4-5-22-13(24)12-10(21(3)14(22)25)6-19-23(12)7-15(16,17)18;1-14-4-2-12-15(3-8(9,10)11)5(4)6(16)13-7(14)17;1-6-8(13-7(2)9-6)4-5-12-14(3,10)11/h2*6H,4-5,7H2,1-3H3;2H,3H2,1H3,(H,13,16,17);4-5H2,1-3H3. The van der Waals surface area contributed by atoms with Crippen LogP contribution in [0.25, 0.3) is 33.1 Å². The highest BCUT2D eigenvalue weighted by Crippen LogP contribution is 2.24. The molecule has 0 amide bonds. The maximum Gasteiger partial charge on any atom is 0.408 e. The Morgan fingerprint density at radius 1 is 0.518 bits per heavy atom. The molecule has 9 aromatic rings. The predicted molar refractivity (Wildman–Crippen MR) is 289 cm³/mol. The molecule has 9 rings (SSSR count). The molecule has 0 aliphatic rings. The maximum atomic E-state index is 12.7. The molecule has 0 saturated heterocycles. The summed E-state index contributed by atoms with van der Waals surface area (Å²) < 4.78 is 146. The van der Waals surface area contributed by atoms with E-state index < -0.39 is 82.0 Å². The number of rotatable bonds is 13. The highest BCUT2D eigenvalue weighted by atomic mass is 32.2. The van der Waals surface area contributed by atoms with Gasteiger partial charge in [-0.3, -0.25) is 46.4 Å². The van der Waals surface area contributed by atoms with E-state index in [1.807, 2.05) is 46.5 Å². The lowest BCUT2D eigenvalue weighted by Crippen LogP contribution is -2.40. The van der Waals surface area contributed by atoms with E-state index >= 15 is 0 Å². The van der Waals surface area contributed by atoms with E-state index in [1.54, 1.807) is 11.3 Å². The number of nitrogens with one attached hydrogen (secondary N) is 1. The number of H-pyrrole nitrogens is 1. The summed E-state index contributed by atoms with van der Waals surface area (Å²) in [7, 11) is 0.828. The first-order valence-electron chi connectivity index (χ1n) is 24.1. The number of hydrogen-bond donors (Lipinski definition) is 1. The van der Waals surface area contributed by atoms with Gasteiger partial charge in [-0.1, -0.05) is 0 Å². The summed E-state index contributed by atoms with van der Waals surface area (Å²) in [5.74, 6) is 0. The summed E-state index contributed by atoms with van der Waals surface area (Å²) in [6.07, 6.45) is -7.84. The van der Waals surface area contributed by atoms with Crippen LogP contribution in [-0.2, 0) is 87.4 Å². The van der Waals surface area contributed by atoms with E-state index in [1.165, 1.54) is 43.8 Å². The number of thiazole rings is 3. The Hall–Kier alpha value is -7.38. The average Bonchev–Trinajstić information content (AvgIpc) is 2.15. The van der Waals surface area contributed by atoms with Crippen LogP contribution in [0, 0.1) is 41.5 Å². The third kappa shape index (κ3) is 16.2. The van der Waals surface area contributed by atoms with Crippen molar-refractivity contribution in [3.8, 4) is 0 Å². The molecule has 1 N–H and O–H groups in total. The van der Waals surface area contributed by atoms with Gasteiger partial charge in [0.15, 0.2) is 16.6 Å². The van der Waals surface area contributed by atoms with Gasteiger partial charge in [0.1, 0.15) is 19.6 Å². The summed E-state index contributed by atoms with van der Waals surface area (Å²) in [6.45, 7) is 7.37. The minimum atomic E-state index is -4.53. The zero-order valence-corrected chi connectivity index (χ0v) is 48.8. The molecule has 0 bridgehead atoms. The number of halogens is 9. The van der Waals surface area contributed by atoms with E-state index in [2.05, 4.69) is 34.4 Å². The molecule has 37 heteroatoms. The van der Waals surface area contributed by atoms with Gasteiger partial charge >= 0.3 is 35.6 Å². The van der Waals surface area contributed by atoms with Gasteiger partial charge in [-0.15, -0.1) is 34.0 Å². The molecule has 0 aliphatic heterocycles. The Balaban J connectivity index is 0.000000183. The second-order valence-corrected chi connectivity index (χ2v) is 23.9. The SMILES string of the molecule is Cc1nc(C)c(CCOS(C)(=O)=O)s1.Cc1nc(C)c(CCn2c(=O)c3c(cnn3CC(F)(F)F)n(C)c2=O)s1.Cc1nc(C)c(CCn2c(=O)c3c(cnn3CC(F)(F)F)n(C)c2=O)s1.Cn1c(=O)[nH]c(=O)c2c1cnn2CC(F)(F)F. The van der Waals surface area contributed by atoms with Crippen molar-refractivity contribution in [2.24, 2.45) is 21.1 Å². The molecule has 452 valence electrons. The van der Waals surface area contributed by atoms with Crippen LogP contribution in [0.15, 0.2) is 47.4 Å². The van der Waals surface area contributed by atoms with Gasteiger partial charge in [0, 0.05) is 68.1 Å². The van der Waals surface area contributed by atoms with Crippen molar-refractivity contribution in [3.63, 3.8) is 0 Å². The van der Waals surface area contributed by atoms with Gasteiger partial charge in [-0.25, -0.2) is 43.4 Å². The molecule has 0 aliphatic carbocycles. The van der Waals surface area contributed by atoms with Crippen LogP contribution in [0.4, 0.5) is 39.5 Å². The molecular formula is C46H52F9N15O9S4. The van der Waals surface area contributed by atoms with Crippen molar-refractivity contribution in [2.45, 2.75) is 112 Å². The van der Waals surface area contributed by atoms with Crippen LogP contribution < -0.4 is 33.7 Å². The highest BCUT2D eigenvalue weighted by Gasteiger charge is 2.33. The number of aromatic nitrogens is 15. The summed E-state index contributed by atoms with van der Waals surface area (Å²) in [5.41, 5.74) is -2.25. The molecule has 0 fully saturated rings. The first-order chi connectivity index (χ1) is 38.3. The largest absolute Gasteiger partial charge is 0.408 e. The summed E-state index contributed by atoms with van der Waals surface area (Å²) in [4.78, 5) is 90.6. The number of nitrogens with zero attached hydrogens (tertiary/aromatic N) is 14. The molecule has 0 saturated carbocycles. The number of hydrogen-bond acceptors (Lipinski definition) is 18. The molecule has 0 aromatic carbocycles. The second-order valence-electron chi connectivity index (χ2n) is 18.4. The lowest BCUT2D eigenvalue weighted by Gasteiger charge is -2.11. The molecule has 0 atom stereocenters. The quantitative estimate of drug-likeness (QED) is 0.120. The Kier molecular flexibility index (Phi) is 19.7. The van der Waals surface area contributed by atoms with Crippen LogP contribution in [0.3, 0.4) is 0 Å². The summed E-state index contributed by atoms with van der Waals surface area (Å²) in [5, 5.41) is 13.5. The van der Waals surface area contributed by atoms with Crippen LogP contribution in [-0.4, -0.2) is 112 Å². The zero-order valence-electron chi connectivity index (χ0n) is 45.6. The molecule has 0 radical (unpaired) electrons. The van der Waals surface area contributed by atoms with Gasteiger partial charge in [0.05, 0.1) is 80.1 Å². The number of aromatic amines is 1. The summed E-state index contributed by atoms with van der Waals surface area (Å²) in [6, 6.07) is 0. The minimum Gasteiger partial charge on any atom is -0.293 e. The van der Waals surface area contributed by atoms with Crippen LogP contribution in [0.1, 0.15) is 46.7 Å². The smallest absolute Gasteiger partial charge is 0.293 e. The van der Waals surface area contributed by atoms with E-state index in [0.717, 1.165) is 94.4 Å². The first kappa shape index (κ1) is 64.8. The Morgan fingerprint density at radius 2 is 0.843 bits per heavy atom. The molecule has 0 unspecified atom stereocenters. The summed E-state index contributed by atoms with van der Waals surface area (Å²) >= 11 is 4.51. The van der Waals surface area contributed by atoms with Gasteiger partial charge < -0.3 is 0 Å². The van der Waals surface area contributed by atoms with Crippen molar-refractivity contribution in [2.75, 3.05) is 12.9 Å². The van der Waals surface area contributed by atoms with Crippen LogP contribution >= 0.6 is 34.0 Å². The maximum absolute atomic E-state index is 12.7. The predicted octanol–water partition coefficient (Wildman–Crippen LogP) is 4.81. The molecule has 9 aromatic heterocycles. The number of fused-ring (bicyclic) bond motifs is 3. The lowest BCUT2D eigenvalue weighted by molar-refractivity contribution is -0.142. The third-order valence-corrected chi connectivity index (χ3v) is 15.9. The fourth-order valence-electron chi connectivity index (χ4n) is 8.28. The highest BCUT2D eigenvalue weighted by molar-refractivity contribution is 7.86. The minimum absolute atomic E-state index is 0.0567. The Labute approximate surface area is 473 Å². The second kappa shape index (κ2) is 25.2. The Morgan fingerprint density at radius 3 is 1.16 bits per heavy atom. The molecule has 0 spiro atoms. The molecular weight excluding hydrogens is 1210 g/mol. The van der Waals surface area contributed by atoms with E-state index in [-0.39, 0.29) is 52.8 Å². The monoisotopic (exact) mass is 1260 g/mol. The van der Waals surface area contributed by atoms with Crippen molar-refractivity contribution in [3.05, 3.63) is 128 Å². The lowest BCUT2D eigenvalue weighted by atomic mass is 10.3. The number of alkyl halides is 9. The van der Waals surface area contributed by atoms with E-state index in [9.17, 15) is 76.7 Å². The molecule has 24 nitrogen and oxygen atoms in total. The topological polar surface area (TPSA) is 278 Å². The van der Waals surface area contributed by atoms with E-state index in [0.29, 0.717) is 33.3 Å². The average molecular weight is 1260 g/mol. The van der Waals surface area contributed by atoms with Crippen molar-refractivity contribution in [1.29, 1.82) is 0 Å². The van der Waals surface area contributed by atoms with Gasteiger partial charge in [0.2, 0.25) is 0 Å². The van der Waals surface area contributed by atoms with Gasteiger partial charge in [-0.05, 0) is 41.5 Å². The van der Waals surface area contributed by atoms with Crippen molar-refractivity contribution in [1.82, 2.24) is 72.1 Å². The van der Waals surface area contributed by atoms with Crippen molar-refractivity contribution < 1.29 is 52.1 Å². The zero-order chi connectivity index (χ0) is 62.0. The van der Waals surface area contributed by atoms with Gasteiger partial charge in [-0.2, -0.15) is 63.2 Å². The third-order valence-electron chi connectivity index (χ3n) is 12.0. The van der Waals surface area contributed by atoms with Crippen LogP contribution in [0.5, 0.6) is 0 Å². The van der Waals surface area contributed by atoms with Gasteiger partial charge in [0.25, 0.3) is 26.8 Å². The number of aryl methyl sites for hydroxylation is 11. The fraction of sp³-hybridized carbons (Fsp3) is 0.478. The van der Waals surface area contributed by atoms with E-state index in [4.69, 9.17) is 0 Å². The first-order valence-corrected chi connectivity index (χ1v) is 28.4. The normalized spacial score (nSPS) is 12.2. The molecule has 9 heterocycles. The van der Waals surface area contributed by atoms with Crippen molar-refractivity contribution >= 4 is 77.2 Å².